The second-order valence-electron chi connectivity index (χ2n) is 5.50. The fraction of sp³-hybridized carbons (Fsp3) is 0.643. The highest BCUT2D eigenvalue weighted by atomic mass is 16.6. The average Bonchev–Trinajstić information content (AvgIpc) is 2.80. The fourth-order valence-electron chi connectivity index (χ4n) is 1.54. The summed E-state index contributed by atoms with van der Waals surface area (Å²) in [6.07, 6.45) is 3.90. The van der Waals surface area contributed by atoms with Crippen LogP contribution in [0.3, 0.4) is 0 Å². The summed E-state index contributed by atoms with van der Waals surface area (Å²) in [4.78, 5) is 11.5. The van der Waals surface area contributed by atoms with Gasteiger partial charge in [0, 0.05) is 24.7 Å². The van der Waals surface area contributed by atoms with Gasteiger partial charge in [-0.05, 0) is 33.3 Å². The van der Waals surface area contributed by atoms with Crippen molar-refractivity contribution in [1.82, 2.24) is 10.6 Å². The third-order valence-corrected chi connectivity index (χ3v) is 2.56. The minimum absolute atomic E-state index is 0.211. The van der Waals surface area contributed by atoms with Gasteiger partial charge in [-0.3, -0.25) is 0 Å². The fourth-order valence-corrected chi connectivity index (χ4v) is 1.54. The third kappa shape index (κ3) is 6.86. The van der Waals surface area contributed by atoms with E-state index in [-0.39, 0.29) is 12.1 Å². The van der Waals surface area contributed by atoms with Crippen LogP contribution in [0.5, 0.6) is 0 Å². The molecule has 1 aromatic rings. The lowest BCUT2D eigenvalue weighted by molar-refractivity contribution is 0.0522. The van der Waals surface area contributed by atoms with Crippen LogP contribution in [0.15, 0.2) is 23.0 Å². The minimum Gasteiger partial charge on any atom is -0.472 e. The summed E-state index contributed by atoms with van der Waals surface area (Å²) in [5, 5.41) is 6.13. The average molecular weight is 268 g/mol. The summed E-state index contributed by atoms with van der Waals surface area (Å²) in [7, 11) is 0. The van der Waals surface area contributed by atoms with E-state index in [1.807, 2.05) is 26.8 Å². The summed E-state index contributed by atoms with van der Waals surface area (Å²) in [5.74, 6) is 0. The van der Waals surface area contributed by atoms with E-state index in [0.29, 0.717) is 6.54 Å². The highest BCUT2D eigenvalue weighted by molar-refractivity contribution is 5.67. The first-order valence-corrected chi connectivity index (χ1v) is 6.62. The molecule has 0 aliphatic carbocycles. The molecule has 108 valence electrons. The Kier molecular flexibility index (Phi) is 5.89. The lowest BCUT2D eigenvalue weighted by Gasteiger charge is -2.22. The normalized spacial score (nSPS) is 13.1. The van der Waals surface area contributed by atoms with Crippen molar-refractivity contribution in [3.05, 3.63) is 24.2 Å². The number of carbonyl (C=O) groups is 1. The number of amides is 1. The molecule has 0 spiro atoms. The van der Waals surface area contributed by atoms with Crippen molar-refractivity contribution in [2.75, 3.05) is 6.54 Å². The van der Waals surface area contributed by atoms with Crippen molar-refractivity contribution in [2.24, 2.45) is 0 Å². The number of hydrogen-bond donors (Lipinski definition) is 2. The summed E-state index contributed by atoms with van der Waals surface area (Å²) >= 11 is 0. The van der Waals surface area contributed by atoms with Gasteiger partial charge in [-0.1, -0.05) is 6.92 Å². The van der Waals surface area contributed by atoms with Crippen LogP contribution < -0.4 is 10.6 Å². The van der Waals surface area contributed by atoms with Crippen molar-refractivity contribution in [1.29, 1.82) is 0 Å². The van der Waals surface area contributed by atoms with Crippen LogP contribution in [0.4, 0.5) is 4.79 Å². The number of rotatable bonds is 6. The Labute approximate surface area is 114 Å². The van der Waals surface area contributed by atoms with E-state index in [1.54, 1.807) is 12.5 Å². The topological polar surface area (TPSA) is 63.5 Å². The van der Waals surface area contributed by atoms with Crippen molar-refractivity contribution in [3.63, 3.8) is 0 Å². The first kappa shape index (κ1) is 15.6. The van der Waals surface area contributed by atoms with Crippen LogP contribution >= 0.6 is 0 Å². The molecular formula is C14H24N2O3. The Morgan fingerprint density at radius 2 is 2.21 bits per heavy atom. The molecule has 0 aliphatic heterocycles. The largest absolute Gasteiger partial charge is 0.472 e. The van der Waals surface area contributed by atoms with Crippen molar-refractivity contribution < 1.29 is 13.9 Å². The van der Waals surface area contributed by atoms with Crippen molar-refractivity contribution >= 4 is 6.09 Å². The molecule has 1 atom stereocenters. The zero-order valence-corrected chi connectivity index (χ0v) is 12.2. The molecule has 1 amide bonds. The molecule has 5 heteroatoms. The lowest BCUT2D eigenvalue weighted by Crippen LogP contribution is -2.42. The van der Waals surface area contributed by atoms with Gasteiger partial charge in [0.25, 0.3) is 0 Å². The molecule has 0 saturated carbocycles. The summed E-state index contributed by atoms with van der Waals surface area (Å²) < 4.78 is 10.2. The van der Waals surface area contributed by atoms with Gasteiger partial charge in [0.1, 0.15) is 5.60 Å². The van der Waals surface area contributed by atoms with E-state index in [0.717, 1.165) is 18.5 Å². The van der Waals surface area contributed by atoms with Gasteiger partial charge in [-0.2, -0.15) is 0 Å². The smallest absolute Gasteiger partial charge is 0.407 e. The Morgan fingerprint density at radius 3 is 2.74 bits per heavy atom. The van der Waals surface area contributed by atoms with Gasteiger partial charge >= 0.3 is 6.09 Å². The van der Waals surface area contributed by atoms with Gasteiger partial charge in [-0.15, -0.1) is 0 Å². The Balaban J connectivity index is 2.26. The zero-order chi connectivity index (χ0) is 14.3. The SMILES string of the molecule is CCC(CNC(=O)OC(C)(C)C)NCc1ccoc1. The van der Waals surface area contributed by atoms with Gasteiger partial charge in [-0.25, -0.2) is 4.79 Å². The molecule has 2 N–H and O–H groups in total. The number of hydrogen-bond acceptors (Lipinski definition) is 4. The van der Waals surface area contributed by atoms with Gasteiger partial charge < -0.3 is 19.8 Å². The molecule has 0 bridgehead atoms. The number of furan rings is 1. The zero-order valence-electron chi connectivity index (χ0n) is 12.2. The summed E-state index contributed by atoms with van der Waals surface area (Å²) in [5.41, 5.74) is 0.631. The molecule has 1 rings (SSSR count). The molecule has 19 heavy (non-hydrogen) atoms. The van der Waals surface area contributed by atoms with Crippen LogP contribution in [0.2, 0.25) is 0 Å². The van der Waals surface area contributed by atoms with E-state index in [1.165, 1.54) is 0 Å². The van der Waals surface area contributed by atoms with E-state index in [4.69, 9.17) is 9.15 Å². The van der Waals surface area contributed by atoms with E-state index >= 15 is 0 Å². The highest BCUT2D eigenvalue weighted by Crippen LogP contribution is 2.06. The number of nitrogens with one attached hydrogen (secondary N) is 2. The number of alkyl carbamates (subject to hydrolysis) is 1. The Bertz CT molecular complexity index is 369. The van der Waals surface area contributed by atoms with Crippen LogP contribution in [-0.2, 0) is 11.3 Å². The first-order valence-electron chi connectivity index (χ1n) is 6.62. The van der Waals surface area contributed by atoms with Crippen LogP contribution in [0.1, 0.15) is 39.7 Å². The van der Waals surface area contributed by atoms with Crippen molar-refractivity contribution in [2.45, 2.75) is 52.3 Å². The second kappa shape index (κ2) is 7.19. The van der Waals surface area contributed by atoms with Gasteiger partial charge in [0.05, 0.1) is 12.5 Å². The standard InChI is InChI=1S/C14H24N2O3/c1-5-12(15-8-11-6-7-18-10-11)9-16-13(17)19-14(2,3)4/h6-7,10,12,15H,5,8-9H2,1-4H3,(H,16,17). The number of carbonyl (C=O) groups excluding carboxylic acids is 1. The van der Waals surface area contributed by atoms with Crippen LogP contribution in [-0.4, -0.2) is 24.3 Å². The summed E-state index contributed by atoms with van der Waals surface area (Å²) in [6.45, 7) is 8.89. The van der Waals surface area contributed by atoms with E-state index in [9.17, 15) is 4.79 Å². The van der Waals surface area contributed by atoms with Gasteiger partial charge in [0.15, 0.2) is 0 Å². The predicted molar refractivity (Wildman–Crippen MR) is 73.9 cm³/mol. The number of ether oxygens (including phenoxy) is 1. The molecule has 1 unspecified atom stereocenters. The Morgan fingerprint density at radius 1 is 1.47 bits per heavy atom. The second-order valence-corrected chi connectivity index (χ2v) is 5.50. The maximum absolute atomic E-state index is 11.5. The van der Waals surface area contributed by atoms with Crippen molar-refractivity contribution in [3.8, 4) is 0 Å². The third-order valence-electron chi connectivity index (χ3n) is 2.56. The van der Waals surface area contributed by atoms with E-state index < -0.39 is 5.60 Å². The highest BCUT2D eigenvalue weighted by Gasteiger charge is 2.16. The Hall–Kier alpha value is -1.49. The summed E-state index contributed by atoms with van der Waals surface area (Å²) in [6, 6.07) is 2.13. The maximum Gasteiger partial charge on any atom is 0.407 e. The quantitative estimate of drug-likeness (QED) is 0.832. The maximum atomic E-state index is 11.5. The molecule has 5 nitrogen and oxygen atoms in total. The van der Waals surface area contributed by atoms with Crippen LogP contribution in [0.25, 0.3) is 0 Å². The molecule has 0 fully saturated rings. The predicted octanol–water partition coefficient (Wildman–Crippen LogP) is 2.67. The minimum atomic E-state index is -0.462. The molecule has 0 aliphatic rings. The molecular weight excluding hydrogens is 244 g/mol. The molecule has 0 aromatic carbocycles. The monoisotopic (exact) mass is 268 g/mol. The molecule has 0 saturated heterocycles. The lowest BCUT2D eigenvalue weighted by atomic mass is 10.2. The molecule has 0 radical (unpaired) electrons. The first-order chi connectivity index (χ1) is 8.90. The van der Waals surface area contributed by atoms with Gasteiger partial charge in [0.2, 0.25) is 0 Å². The molecule has 1 aromatic heterocycles. The van der Waals surface area contributed by atoms with Crippen LogP contribution in [0, 0.1) is 0 Å². The van der Waals surface area contributed by atoms with E-state index in [2.05, 4.69) is 17.6 Å². The molecule has 1 heterocycles.